The second kappa shape index (κ2) is 9.20. The van der Waals surface area contributed by atoms with Gasteiger partial charge in [-0.3, -0.25) is 4.57 Å². The van der Waals surface area contributed by atoms with Gasteiger partial charge in [-0.05, 0) is 54.4 Å². The standard InChI is InChI=1S/C27H23ClF2N4O2/c1-16-15-33(8-7-31-16)25-12-18(3-5-23(25)30)21-14-19(29)13-20(26(21)35)17-4-6-24(22(28)11-17)34-10-9-32(2)27(34)36/h3-6,9-15,31,35H,7-8H2,1-2H3. The summed E-state index contributed by atoms with van der Waals surface area (Å²) in [5.41, 5.74) is 2.82. The number of anilines is 1. The van der Waals surface area contributed by atoms with Crippen molar-refractivity contribution in [2.45, 2.75) is 6.92 Å². The summed E-state index contributed by atoms with van der Waals surface area (Å²) in [5, 5.41) is 14.6. The summed E-state index contributed by atoms with van der Waals surface area (Å²) < 4.78 is 32.3. The number of phenolic OH excluding ortho intramolecular Hbond substituents is 1. The Morgan fingerprint density at radius 1 is 0.972 bits per heavy atom. The van der Waals surface area contributed by atoms with Gasteiger partial charge < -0.3 is 19.9 Å². The van der Waals surface area contributed by atoms with E-state index in [-0.39, 0.29) is 27.6 Å². The van der Waals surface area contributed by atoms with Crippen LogP contribution in [0, 0.1) is 11.6 Å². The topological polar surface area (TPSA) is 62.4 Å². The molecule has 0 radical (unpaired) electrons. The Balaban J connectivity index is 1.58. The van der Waals surface area contributed by atoms with Gasteiger partial charge in [-0.25, -0.2) is 13.6 Å². The summed E-state index contributed by atoms with van der Waals surface area (Å²) in [7, 11) is 1.63. The van der Waals surface area contributed by atoms with Gasteiger partial charge in [0.2, 0.25) is 0 Å². The van der Waals surface area contributed by atoms with Gasteiger partial charge in [0.25, 0.3) is 0 Å². The first-order chi connectivity index (χ1) is 17.2. The molecule has 4 aromatic rings. The molecule has 3 aromatic carbocycles. The first kappa shape index (κ1) is 23.7. The summed E-state index contributed by atoms with van der Waals surface area (Å²) in [5.74, 6) is -1.15. The zero-order valence-corrected chi connectivity index (χ0v) is 20.4. The van der Waals surface area contributed by atoms with Crippen molar-refractivity contribution in [3.63, 3.8) is 0 Å². The van der Waals surface area contributed by atoms with Gasteiger partial charge in [-0.15, -0.1) is 0 Å². The van der Waals surface area contributed by atoms with Crippen LogP contribution < -0.4 is 15.9 Å². The van der Waals surface area contributed by atoms with E-state index >= 15 is 0 Å². The molecule has 5 rings (SSSR count). The van der Waals surface area contributed by atoms with Crippen molar-refractivity contribution in [1.82, 2.24) is 14.5 Å². The predicted octanol–water partition coefficient (Wildman–Crippen LogP) is 5.42. The molecule has 0 atom stereocenters. The third-order valence-electron chi connectivity index (χ3n) is 6.21. The Bertz CT molecular complexity index is 1570. The van der Waals surface area contributed by atoms with Crippen LogP contribution >= 0.6 is 11.6 Å². The molecule has 0 amide bonds. The first-order valence-electron chi connectivity index (χ1n) is 11.3. The lowest BCUT2D eigenvalue weighted by molar-refractivity contribution is 0.477. The lowest BCUT2D eigenvalue weighted by Gasteiger charge is -2.27. The van der Waals surface area contributed by atoms with E-state index in [1.165, 1.54) is 33.4 Å². The van der Waals surface area contributed by atoms with Gasteiger partial charge in [0.15, 0.2) is 0 Å². The van der Waals surface area contributed by atoms with Crippen LogP contribution in [0.25, 0.3) is 27.9 Å². The second-order valence-corrected chi connectivity index (χ2v) is 9.08. The van der Waals surface area contributed by atoms with Crippen LogP contribution in [0.15, 0.2) is 77.6 Å². The highest BCUT2D eigenvalue weighted by atomic mass is 35.5. The van der Waals surface area contributed by atoms with E-state index < -0.39 is 11.6 Å². The third kappa shape index (κ3) is 4.24. The largest absolute Gasteiger partial charge is 0.507 e. The van der Waals surface area contributed by atoms with E-state index in [1.54, 1.807) is 48.6 Å². The summed E-state index contributed by atoms with van der Waals surface area (Å²) in [4.78, 5) is 14.1. The highest BCUT2D eigenvalue weighted by molar-refractivity contribution is 6.32. The van der Waals surface area contributed by atoms with Crippen LogP contribution in [0.3, 0.4) is 0 Å². The molecule has 36 heavy (non-hydrogen) atoms. The molecule has 0 bridgehead atoms. The minimum absolute atomic E-state index is 0.165. The van der Waals surface area contributed by atoms with Crippen LogP contribution in [0.4, 0.5) is 14.5 Å². The highest BCUT2D eigenvalue weighted by Crippen LogP contribution is 2.41. The molecule has 184 valence electrons. The Morgan fingerprint density at radius 2 is 1.67 bits per heavy atom. The third-order valence-corrected chi connectivity index (χ3v) is 6.52. The molecule has 0 aliphatic carbocycles. The summed E-state index contributed by atoms with van der Waals surface area (Å²) in [6, 6.07) is 11.7. The van der Waals surface area contributed by atoms with Crippen molar-refractivity contribution in [1.29, 1.82) is 0 Å². The van der Waals surface area contributed by atoms with Crippen molar-refractivity contribution in [3.05, 3.63) is 100.0 Å². The van der Waals surface area contributed by atoms with Gasteiger partial charge in [0, 0.05) is 55.6 Å². The minimum Gasteiger partial charge on any atom is -0.507 e. The molecule has 9 heteroatoms. The minimum atomic E-state index is -0.568. The maximum absolute atomic E-state index is 14.8. The number of rotatable bonds is 4. The predicted molar refractivity (Wildman–Crippen MR) is 138 cm³/mol. The maximum Gasteiger partial charge on any atom is 0.332 e. The van der Waals surface area contributed by atoms with Crippen LogP contribution in [-0.2, 0) is 7.05 Å². The number of imidazole rings is 1. The fourth-order valence-corrected chi connectivity index (χ4v) is 4.64. The van der Waals surface area contributed by atoms with Crippen LogP contribution in [0.1, 0.15) is 6.92 Å². The number of aryl methyl sites for hydroxylation is 1. The van der Waals surface area contributed by atoms with Gasteiger partial charge in [0.1, 0.15) is 17.4 Å². The monoisotopic (exact) mass is 508 g/mol. The molecule has 0 unspecified atom stereocenters. The van der Waals surface area contributed by atoms with E-state index in [4.69, 9.17) is 11.6 Å². The molecule has 0 spiro atoms. The van der Waals surface area contributed by atoms with Gasteiger partial charge >= 0.3 is 5.69 Å². The fourth-order valence-electron chi connectivity index (χ4n) is 4.36. The average Bonchev–Trinajstić information content (AvgIpc) is 3.18. The van der Waals surface area contributed by atoms with E-state index in [0.29, 0.717) is 35.6 Å². The van der Waals surface area contributed by atoms with E-state index in [1.807, 2.05) is 13.1 Å². The van der Waals surface area contributed by atoms with Crippen molar-refractivity contribution < 1.29 is 13.9 Å². The van der Waals surface area contributed by atoms with Crippen molar-refractivity contribution in [2.24, 2.45) is 7.05 Å². The number of halogens is 3. The Hall–Kier alpha value is -4.04. The average molecular weight is 509 g/mol. The first-order valence-corrected chi connectivity index (χ1v) is 11.7. The SMILES string of the molecule is CC1=CN(c2cc(-c3cc(F)cc(-c4ccc(-n5ccn(C)c5=O)c(Cl)c4)c3O)ccc2F)CCN1. The molecule has 2 N–H and O–H groups in total. The fraction of sp³-hybridized carbons (Fsp3) is 0.148. The van der Waals surface area contributed by atoms with E-state index in [0.717, 1.165) is 5.70 Å². The van der Waals surface area contributed by atoms with E-state index in [9.17, 15) is 18.7 Å². The van der Waals surface area contributed by atoms with Crippen LogP contribution in [0.2, 0.25) is 5.02 Å². The molecule has 1 aromatic heterocycles. The molecule has 0 saturated heterocycles. The number of allylic oxidation sites excluding steroid dienone is 1. The zero-order valence-electron chi connectivity index (χ0n) is 19.6. The van der Waals surface area contributed by atoms with Crippen molar-refractivity contribution in [3.8, 4) is 33.7 Å². The number of aromatic nitrogens is 2. The van der Waals surface area contributed by atoms with Crippen molar-refractivity contribution >= 4 is 17.3 Å². The lowest BCUT2D eigenvalue weighted by atomic mass is 9.96. The number of nitrogens with one attached hydrogen (secondary N) is 1. The van der Waals surface area contributed by atoms with Gasteiger partial charge in [0.05, 0.1) is 16.4 Å². The number of aromatic hydroxyl groups is 1. The van der Waals surface area contributed by atoms with Crippen molar-refractivity contribution in [2.75, 3.05) is 18.0 Å². The zero-order chi connectivity index (χ0) is 25.6. The smallest absolute Gasteiger partial charge is 0.332 e. The Morgan fingerprint density at radius 3 is 2.31 bits per heavy atom. The number of benzene rings is 3. The van der Waals surface area contributed by atoms with Crippen LogP contribution in [0.5, 0.6) is 5.75 Å². The molecule has 1 aliphatic rings. The van der Waals surface area contributed by atoms with Gasteiger partial charge in [-0.2, -0.15) is 0 Å². The number of hydrogen-bond donors (Lipinski definition) is 2. The second-order valence-electron chi connectivity index (χ2n) is 8.68. The molecule has 1 aliphatic heterocycles. The molecular formula is C27H23ClF2N4O2. The summed E-state index contributed by atoms with van der Waals surface area (Å²) >= 11 is 6.48. The number of phenols is 1. The van der Waals surface area contributed by atoms with Gasteiger partial charge in [-0.1, -0.05) is 23.7 Å². The molecule has 2 heterocycles. The quantitative estimate of drug-likeness (QED) is 0.386. The number of nitrogens with zero attached hydrogens (tertiary/aromatic N) is 3. The van der Waals surface area contributed by atoms with Crippen LogP contribution in [-0.4, -0.2) is 27.3 Å². The summed E-state index contributed by atoms with van der Waals surface area (Å²) in [6.07, 6.45) is 5.03. The molecular weight excluding hydrogens is 486 g/mol. The molecule has 6 nitrogen and oxygen atoms in total. The lowest BCUT2D eigenvalue weighted by Crippen LogP contribution is -2.34. The highest BCUT2D eigenvalue weighted by Gasteiger charge is 2.19. The summed E-state index contributed by atoms with van der Waals surface area (Å²) in [6.45, 7) is 3.11. The normalized spacial score (nSPS) is 13.5. The Labute approximate surface area is 211 Å². The number of hydrogen-bond acceptors (Lipinski definition) is 4. The Kier molecular flexibility index (Phi) is 6.05. The maximum atomic E-state index is 14.8. The molecule has 0 fully saturated rings. The molecule has 0 saturated carbocycles. The van der Waals surface area contributed by atoms with E-state index in [2.05, 4.69) is 5.32 Å².